The van der Waals surface area contributed by atoms with Crippen molar-refractivity contribution in [1.82, 2.24) is 0 Å². The molecule has 1 N–H and O–H groups in total. The Balaban J connectivity index is 0.00000420. The predicted molar refractivity (Wildman–Crippen MR) is 158 cm³/mol. The molecule has 204 valence electrons. The number of methoxy groups -OCH3 is 1. The van der Waals surface area contributed by atoms with Gasteiger partial charge in [0.2, 0.25) is 0 Å². The molecule has 0 aliphatic rings. The molecular formula is C29H25BrClF3NO3P. The van der Waals surface area contributed by atoms with Crippen molar-refractivity contribution in [3.05, 3.63) is 119 Å². The van der Waals surface area contributed by atoms with E-state index in [9.17, 15) is 22.8 Å². The molecule has 4 aromatic carbocycles. The van der Waals surface area contributed by atoms with Crippen LogP contribution in [0.4, 0.5) is 18.9 Å². The normalized spacial score (nSPS) is 11.7. The molecule has 10 heteroatoms. The number of hydrogen-bond acceptors (Lipinski definition) is 3. The van der Waals surface area contributed by atoms with Gasteiger partial charge in [-0.3, -0.25) is 0 Å². The first kappa shape index (κ1) is 30.4. The van der Waals surface area contributed by atoms with Gasteiger partial charge in [0.15, 0.2) is 0 Å². The molecule has 39 heavy (non-hydrogen) atoms. The van der Waals surface area contributed by atoms with Crippen molar-refractivity contribution in [1.29, 1.82) is 0 Å². The molecule has 0 saturated carbocycles. The number of nitrogens with one attached hydrogen (secondary N) is 1. The molecule has 4 aromatic rings. The molecule has 0 heterocycles. The number of rotatable bonds is 7. The zero-order chi connectivity index (χ0) is 27.3. The van der Waals surface area contributed by atoms with Crippen molar-refractivity contribution in [3.8, 4) is 0 Å². The predicted octanol–water partition coefficient (Wildman–Crippen LogP) is 6.38. The summed E-state index contributed by atoms with van der Waals surface area (Å²) in [6.45, 7) is 0. The van der Waals surface area contributed by atoms with E-state index in [0.717, 1.165) is 15.9 Å². The first-order valence-electron chi connectivity index (χ1n) is 11.6. The third-order valence-corrected chi connectivity index (χ3v) is 11.9. The number of esters is 1. The number of ether oxygens (including phenoxy) is 1. The van der Waals surface area contributed by atoms with Gasteiger partial charge in [-0.05, 0) is 0 Å². The average Bonchev–Trinajstić information content (AvgIpc) is 2.93. The number of benzene rings is 4. The fourth-order valence-electron chi connectivity index (χ4n) is 4.60. The minimum Gasteiger partial charge on any atom is -0.147 e. The molecule has 0 atom stereocenters. The molecule has 0 unspecified atom stereocenters. The first-order chi connectivity index (χ1) is 18.2. The summed E-state index contributed by atoms with van der Waals surface area (Å²) in [5.41, 5.74) is 0.340. The van der Waals surface area contributed by atoms with Gasteiger partial charge < -0.3 is 0 Å². The van der Waals surface area contributed by atoms with E-state index in [-0.39, 0.29) is 23.7 Å². The Morgan fingerprint density at radius 3 is 1.64 bits per heavy atom. The fraction of sp³-hybridized carbons (Fsp3) is 0.103. The molecular weight excluding hydrogens is 614 g/mol. The van der Waals surface area contributed by atoms with Gasteiger partial charge in [-0.1, -0.05) is 0 Å². The van der Waals surface area contributed by atoms with Crippen LogP contribution in [0, 0.1) is 0 Å². The van der Waals surface area contributed by atoms with Gasteiger partial charge in [0.05, 0.1) is 0 Å². The van der Waals surface area contributed by atoms with E-state index in [2.05, 4.69) is 15.9 Å². The molecule has 0 aromatic heterocycles. The van der Waals surface area contributed by atoms with Crippen LogP contribution in [0.3, 0.4) is 0 Å². The molecule has 0 aliphatic carbocycles. The molecule has 0 saturated heterocycles. The summed E-state index contributed by atoms with van der Waals surface area (Å²) in [6.07, 6.45) is -4.82. The fourth-order valence-corrected chi connectivity index (χ4v) is 10.3. The number of hydrogen-bond donors (Lipinski definition) is 1. The molecule has 1 amide bonds. The van der Waals surface area contributed by atoms with E-state index in [1.54, 1.807) is 0 Å². The van der Waals surface area contributed by atoms with Crippen LogP contribution in [0.2, 0.25) is 0 Å². The van der Waals surface area contributed by atoms with Crippen LogP contribution in [0.1, 0.15) is 15.9 Å². The van der Waals surface area contributed by atoms with E-state index in [1.165, 1.54) is 19.2 Å². The van der Waals surface area contributed by atoms with Gasteiger partial charge >= 0.3 is 228 Å². The SMILES string of the molecule is COC(=O)c1cc(Br)c(C[PH](c2ccccc2)(c2ccccc2)c2ccccc2)c(NC(=O)C(F)(F)F)c1.Cl. The van der Waals surface area contributed by atoms with Crippen molar-refractivity contribution >= 4 is 69.1 Å². The van der Waals surface area contributed by atoms with Crippen molar-refractivity contribution in [2.75, 3.05) is 12.4 Å². The Morgan fingerprint density at radius 2 is 1.26 bits per heavy atom. The summed E-state index contributed by atoms with van der Waals surface area (Å²) in [5, 5.41) is 5.12. The Hall–Kier alpha value is -3.19. The number of carbonyl (C=O) groups is 2. The second-order valence-corrected chi connectivity index (χ2v) is 13.4. The number of carbonyl (C=O) groups excluding carboxylic acids is 2. The summed E-state index contributed by atoms with van der Waals surface area (Å²) in [7, 11) is -1.78. The second kappa shape index (κ2) is 12.8. The van der Waals surface area contributed by atoms with Crippen molar-refractivity contribution in [2.45, 2.75) is 12.3 Å². The molecule has 0 fully saturated rings. The number of amides is 1. The maximum atomic E-state index is 13.3. The van der Waals surface area contributed by atoms with Crippen LogP contribution < -0.4 is 21.2 Å². The van der Waals surface area contributed by atoms with Gasteiger partial charge in [0.1, 0.15) is 0 Å². The van der Waals surface area contributed by atoms with Crippen LogP contribution in [-0.4, -0.2) is 25.2 Å². The van der Waals surface area contributed by atoms with Gasteiger partial charge in [0.25, 0.3) is 0 Å². The monoisotopic (exact) mass is 637 g/mol. The van der Waals surface area contributed by atoms with Crippen molar-refractivity contribution in [3.63, 3.8) is 0 Å². The molecule has 0 spiro atoms. The summed E-state index contributed by atoms with van der Waals surface area (Å²) in [4.78, 5) is 24.4. The maximum absolute atomic E-state index is 13.3. The van der Waals surface area contributed by atoms with Gasteiger partial charge in [0, 0.05) is 0 Å². The Labute approximate surface area is 239 Å². The Kier molecular flexibility index (Phi) is 9.94. The third kappa shape index (κ3) is 6.52. The van der Waals surface area contributed by atoms with Gasteiger partial charge in [-0.15, -0.1) is 12.4 Å². The topological polar surface area (TPSA) is 55.4 Å². The van der Waals surface area contributed by atoms with Crippen LogP contribution >= 0.6 is 35.6 Å². The number of alkyl halides is 3. The zero-order valence-electron chi connectivity index (χ0n) is 20.7. The standard InChI is InChI=1S/C29H24BrF3NO3P.ClH/c1-37-27(35)20-17-25(30)24(26(18-20)34-28(36)29(31,32)33)19-38(21-11-5-2-6-12-21,22-13-7-3-8-14-22)23-15-9-4-10-16-23;/h2-18,38H,19H2,1H3,(H,34,36);1H. The third-order valence-electron chi connectivity index (χ3n) is 6.36. The summed E-state index contributed by atoms with van der Waals surface area (Å²) >= 11 is 3.49. The Bertz CT molecular complexity index is 1340. The Morgan fingerprint density at radius 1 is 0.821 bits per heavy atom. The first-order valence-corrected chi connectivity index (χ1v) is 14.6. The molecule has 4 rings (SSSR count). The van der Waals surface area contributed by atoms with Crippen LogP contribution in [-0.2, 0) is 15.7 Å². The van der Waals surface area contributed by atoms with Gasteiger partial charge in [-0.2, -0.15) is 0 Å². The average molecular weight is 639 g/mol. The van der Waals surface area contributed by atoms with Crippen LogP contribution in [0.15, 0.2) is 108 Å². The minimum atomic E-state index is -5.11. The summed E-state index contributed by atoms with van der Waals surface area (Å²) < 4.78 is 45.1. The maximum Gasteiger partial charge on any atom is -0.147 e. The van der Waals surface area contributed by atoms with E-state index >= 15 is 0 Å². The van der Waals surface area contributed by atoms with E-state index < -0.39 is 25.3 Å². The van der Waals surface area contributed by atoms with E-state index in [0.29, 0.717) is 16.2 Å². The second-order valence-electron chi connectivity index (χ2n) is 8.61. The van der Waals surface area contributed by atoms with Gasteiger partial charge in [-0.25, -0.2) is 0 Å². The summed E-state index contributed by atoms with van der Waals surface area (Å²) in [5.74, 6) is -2.86. The minimum absolute atomic E-state index is 0. The molecule has 4 nitrogen and oxygen atoms in total. The number of anilines is 1. The van der Waals surface area contributed by atoms with Crippen LogP contribution in [0.5, 0.6) is 0 Å². The quantitative estimate of drug-likeness (QED) is 0.189. The van der Waals surface area contributed by atoms with E-state index in [1.807, 2.05) is 96.3 Å². The number of halogens is 5. The van der Waals surface area contributed by atoms with Crippen molar-refractivity contribution in [2.24, 2.45) is 0 Å². The molecule has 0 aliphatic heterocycles. The van der Waals surface area contributed by atoms with Crippen LogP contribution in [0.25, 0.3) is 0 Å². The van der Waals surface area contributed by atoms with Crippen molar-refractivity contribution < 1.29 is 27.5 Å². The summed E-state index contributed by atoms with van der Waals surface area (Å²) in [6, 6.07) is 32.2. The van der Waals surface area contributed by atoms with E-state index in [4.69, 9.17) is 4.74 Å². The smallest absolute Gasteiger partial charge is 0.147 e. The largest absolute Gasteiger partial charge is 0.147 e. The molecule has 0 radical (unpaired) electrons. The molecule has 0 bridgehead atoms. The zero-order valence-corrected chi connectivity index (χ0v) is 24.1.